The standard InChI is InChI=1S/C6H4BN3O4/c7-10-5(13)1-2(11)4(12)8-3(1)9-6(10)14/h7H2,(H2,8,9,11,12,14). The van der Waals surface area contributed by atoms with E-state index in [4.69, 9.17) is 0 Å². The van der Waals surface area contributed by atoms with Crippen molar-refractivity contribution in [3.05, 3.63) is 26.4 Å². The summed E-state index contributed by atoms with van der Waals surface area (Å²) in [6, 6.07) is 0. The number of carbonyl (C=O) groups excluding carboxylic acids is 2. The van der Waals surface area contributed by atoms with Gasteiger partial charge in [0.1, 0.15) is 11.4 Å². The number of Topliss-reactive ketones (excluding diaryl/α,β-unsaturated/α-hetero) is 1. The van der Waals surface area contributed by atoms with E-state index < -0.39 is 22.9 Å². The van der Waals surface area contributed by atoms with Crippen LogP contribution in [-0.2, 0) is 4.79 Å². The molecule has 2 heterocycles. The molecule has 1 aliphatic heterocycles. The van der Waals surface area contributed by atoms with Crippen molar-refractivity contribution in [3.63, 3.8) is 0 Å². The molecule has 0 saturated heterocycles. The minimum absolute atomic E-state index is 0.117. The highest BCUT2D eigenvalue weighted by molar-refractivity contribution is 6.51. The first-order chi connectivity index (χ1) is 6.52. The van der Waals surface area contributed by atoms with Crippen LogP contribution in [0.2, 0.25) is 0 Å². The number of fused-ring (bicyclic) bond motifs is 1. The zero-order valence-electron chi connectivity index (χ0n) is 7.08. The lowest BCUT2D eigenvalue weighted by Crippen LogP contribution is -2.36. The van der Waals surface area contributed by atoms with Crippen molar-refractivity contribution in [2.24, 2.45) is 0 Å². The number of anilines is 1. The van der Waals surface area contributed by atoms with E-state index in [1.807, 2.05) is 0 Å². The Hall–Kier alpha value is -2.12. The summed E-state index contributed by atoms with van der Waals surface area (Å²) in [6.45, 7) is 0. The molecule has 0 radical (unpaired) electrons. The number of hydrogen-bond donors (Lipinski definition) is 2. The van der Waals surface area contributed by atoms with Gasteiger partial charge in [0.25, 0.3) is 17.2 Å². The van der Waals surface area contributed by atoms with Crippen LogP contribution in [0.3, 0.4) is 0 Å². The molecule has 0 bridgehead atoms. The molecular formula is C6H4BN3O4. The molecule has 0 aliphatic carbocycles. The lowest BCUT2D eigenvalue weighted by molar-refractivity contribution is -0.112. The number of nitrogens with zero attached hydrogens (tertiary/aromatic N) is 1. The monoisotopic (exact) mass is 193 g/mol. The van der Waals surface area contributed by atoms with Crippen LogP contribution in [0.4, 0.5) is 5.82 Å². The highest BCUT2D eigenvalue weighted by Gasteiger charge is 2.32. The van der Waals surface area contributed by atoms with Crippen LogP contribution < -0.4 is 16.6 Å². The molecule has 1 amide bonds. The van der Waals surface area contributed by atoms with Gasteiger partial charge in [-0.05, 0) is 0 Å². The Morgan fingerprint density at radius 1 is 1.14 bits per heavy atom. The van der Waals surface area contributed by atoms with E-state index in [0.29, 0.717) is 0 Å². The van der Waals surface area contributed by atoms with E-state index in [2.05, 4.69) is 10.3 Å². The van der Waals surface area contributed by atoms with E-state index in [-0.39, 0.29) is 11.4 Å². The highest BCUT2D eigenvalue weighted by Crippen LogP contribution is 2.13. The number of H-pyrrole nitrogens is 1. The molecule has 0 aromatic carbocycles. The quantitative estimate of drug-likeness (QED) is 0.340. The second-order valence-corrected chi connectivity index (χ2v) is 2.83. The third kappa shape index (κ3) is 0.874. The van der Waals surface area contributed by atoms with Gasteiger partial charge in [-0.2, -0.15) is 0 Å². The van der Waals surface area contributed by atoms with E-state index in [1.54, 1.807) is 0 Å². The molecule has 0 unspecified atom stereocenters. The van der Waals surface area contributed by atoms with Crippen molar-refractivity contribution in [1.29, 1.82) is 0 Å². The van der Waals surface area contributed by atoms with Gasteiger partial charge in [0, 0.05) is 0 Å². The Balaban J connectivity index is 2.91. The SMILES string of the molecule is Bn1c(=O)[nH]c2c(c1=O)C(=O)C(=O)N2. The normalized spacial score (nSPS) is 14.0. The molecule has 0 saturated carbocycles. The fraction of sp³-hybridized carbons (Fsp3) is 0. The van der Waals surface area contributed by atoms with Crippen molar-refractivity contribution in [3.8, 4) is 0 Å². The third-order valence-corrected chi connectivity index (χ3v) is 1.98. The average molecular weight is 193 g/mol. The van der Waals surface area contributed by atoms with Crippen LogP contribution in [0.1, 0.15) is 10.4 Å². The topological polar surface area (TPSA) is 101 Å². The van der Waals surface area contributed by atoms with E-state index >= 15 is 0 Å². The van der Waals surface area contributed by atoms with E-state index in [9.17, 15) is 19.2 Å². The van der Waals surface area contributed by atoms with Gasteiger partial charge >= 0.3 is 5.69 Å². The lowest BCUT2D eigenvalue weighted by Gasteiger charge is -1.98. The number of carbonyl (C=O) groups is 2. The molecule has 0 spiro atoms. The number of nitrogens with one attached hydrogen (secondary N) is 2. The maximum atomic E-state index is 11.4. The van der Waals surface area contributed by atoms with Gasteiger partial charge in [0.2, 0.25) is 7.98 Å². The van der Waals surface area contributed by atoms with Crippen LogP contribution in [0, 0.1) is 0 Å². The number of aromatic amines is 1. The first-order valence-electron chi connectivity index (χ1n) is 3.71. The number of rotatable bonds is 0. The minimum Gasteiger partial charge on any atom is -0.314 e. The molecule has 0 atom stereocenters. The van der Waals surface area contributed by atoms with Gasteiger partial charge in [0.15, 0.2) is 0 Å². The van der Waals surface area contributed by atoms with Crippen LogP contribution in [0.15, 0.2) is 9.59 Å². The Morgan fingerprint density at radius 2 is 1.79 bits per heavy atom. The first kappa shape index (κ1) is 8.48. The predicted octanol–water partition coefficient (Wildman–Crippen LogP) is -2.93. The van der Waals surface area contributed by atoms with Gasteiger partial charge in [-0.15, -0.1) is 0 Å². The van der Waals surface area contributed by atoms with Crippen molar-refractivity contribution in [1.82, 2.24) is 9.46 Å². The van der Waals surface area contributed by atoms with Crippen molar-refractivity contribution < 1.29 is 9.59 Å². The molecule has 1 aromatic rings. The number of amides is 1. The average Bonchev–Trinajstić information content (AvgIpc) is 2.39. The van der Waals surface area contributed by atoms with Crippen molar-refractivity contribution in [2.75, 3.05) is 5.32 Å². The summed E-state index contributed by atoms with van der Waals surface area (Å²) in [5, 5.41) is 2.10. The highest BCUT2D eigenvalue weighted by atomic mass is 16.2. The summed E-state index contributed by atoms with van der Waals surface area (Å²) >= 11 is 0. The molecule has 70 valence electrons. The molecule has 8 heteroatoms. The zero-order valence-corrected chi connectivity index (χ0v) is 7.08. The van der Waals surface area contributed by atoms with Gasteiger partial charge in [0.05, 0.1) is 0 Å². The van der Waals surface area contributed by atoms with Crippen molar-refractivity contribution in [2.45, 2.75) is 0 Å². The number of ketones is 1. The largest absolute Gasteiger partial charge is 0.317 e. The fourth-order valence-electron chi connectivity index (χ4n) is 1.21. The van der Waals surface area contributed by atoms with Crippen LogP contribution in [0.25, 0.3) is 0 Å². The summed E-state index contributed by atoms with van der Waals surface area (Å²) in [4.78, 5) is 46.6. The predicted molar refractivity (Wildman–Crippen MR) is 48.2 cm³/mol. The molecule has 1 aromatic heterocycles. The van der Waals surface area contributed by atoms with Crippen LogP contribution in [-0.4, -0.2) is 29.1 Å². The Labute approximate surface area is 77.2 Å². The molecular weight excluding hydrogens is 189 g/mol. The second kappa shape index (κ2) is 2.44. The van der Waals surface area contributed by atoms with Gasteiger partial charge in [-0.3, -0.25) is 19.4 Å². The van der Waals surface area contributed by atoms with Crippen molar-refractivity contribution >= 4 is 25.5 Å². The Bertz CT molecular complexity index is 569. The fourth-order valence-corrected chi connectivity index (χ4v) is 1.21. The number of aromatic nitrogens is 2. The molecule has 2 rings (SSSR count). The molecule has 14 heavy (non-hydrogen) atoms. The van der Waals surface area contributed by atoms with Crippen LogP contribution in [0.5, 0.6) is 0 Å². The summed E-state index contributed by atoms with van der Waals surface area (Å²) in [7, 11) is 1.22. The Morgan fingerprint density at radius 3 is 2.43 bits per heavy atom. The Kier molecular flexibility index (Phi) is 1.48. The minimum atomic E-state index is -0.920. The molecule has 0 fully saturated rings. The summed E-state index contributed by atoms with van der Waals surface area (Å²) in [5.74, 6) is -1.94. The lowest BCUT2D eigenvalue weighted by atomic mass is 10.2. The molecule has 1 aliphatic rings. The number of hydrogen-bond acceptors (Lipinski definition) is 4. The maximum absolute atomic E-state index is 11.4. The molecule has 7 nitrogen and oxygen atoms in total. The smallest absolute Gasteiger partial charge is 0.314 e. The van der Waals surface area contributed by atoms with Gasteiger partial charge < -0.3 is 9.79 Å². The summed E-state index contributed by atoms with van der Waals surface area (Å²) < 4.78 is 0.733. The maximum Gasteiger partial charge on any atom is 0.317 e. The van der Waals surface area contributed by atoms with Gasteiger partial charge in [-0.25, -0.2) is 4.79 Å². The summed E-state index contributed by atoms with van der Waals surface area (Å²) in [6.07, 6.45) is 0. The second-order valence-electron chi connectivity index (χ2n) is 2.83. The van der Waals surface area contributed by atoms with E-state index in [0.717, 1.165) is 4.48 Å². The third-order valence-electron chi connectivity index (χ3n) is 1.98. The van der Waals surface area contributed by atoms with Crippen LogP contribution >= 0.6 is 0 Å². The van der Waals surface area contributed by atoms with E-state index in [1.165, 1.54) is 7.98 Å². The zero-order chi connectivity index (χ0) is 10.5. The first-order valence-corrected chi connectivity index (χ1v) is 3.71. The van der Waals surface area contributed by atoms with Gasteiger partial charge in [-0.1, -0.05) is 0 Å². The summed E-state index contributed by atoms with van der Waals surface area (Å²) in [5.41, 5.74) is -1.76. The molecule has 2 N–H and O–H groups in total.